The maximum Gasteiger partial charge on any atom is 0.367 e. The third kappa shape index (κ3) is 2.58. The Kier molecular flexibility index (Phi) is 3.23. The van der Waals surface area contributed by atoms with Crippen LogP contribution in [0.2, 0.25) is 0 Å². The SMILES string of the molecule is CC(C)=NOC(=O)c1ccccc1N. The van der Waals surface area contributed by atoms with Gasteiger partial charge in [-0.05, 0) is 26.0 Å². The van der Waals surface area contributed by atoms with Crippen molar-refractivity contribution in [1.82, 2.24) is 0 Å². The van der Waals surface area contributed by atoms with E-state index < -0.39 is 5.97 Å². The van der Waals surface area contributed by atoms with Gasteiger partial charge in [0.05, 0.1) is 11.3 Å². The topological polar surface area (TPSA) is 64.7 Å². The van der Waals surface area contributed by atoms with Gasteiger partial charge in [-0.15, -0.1) is 0 Å². The number of para-hydroxylation sites is 1. The number of hydrogen-bond acceptors (Lipinski definition) is 4. The maximum atomic E-state index is 11.4. The first kappa shape index (κ1) is 10.2. The average molecular weight is 192 g/mol. The lowest BCUT2D eigenvalue weighted by Gasteiger charge is -2.01. The number of nitrogens with zero attached hydrogens (tertiary/aromatic N) is 1. The van der Waals surface area contributed by atoms with E-state index in [1.165, 1.54) is 0 Å². The minimum Gasteiger partial charge on any atom is -0.398 e. The first-order chi connectivity index (χ1) is 6.61. The fourth-order valence-corrected chi connectivity index (χ4v) is 0.865. The van der Waals surface area contributed by atoms with Crippen molar-refractivity contribution in [3.8, 4) is 0 Å². The average Bonchev–Trinajstić information content (AvgIpc) is 2.15. The van der Waals surface area contributed by atoms with Crippen LogP contribution in [0.3, 0.4) is 0 Å². The summed E-state index contributed by atoms with van der Waals surface area (Å²) in [5.41, 5.74) is 6.97. The Balaban J connectivity index is 2.80. The van der Waals surface area contributed by atoms with E-state index >= 15 is 0 Å². The zero-order valence-corrected chi connectivity index (χ0v) is 8.15. The third-order valence-corrected chi connectivity index (χ3v) is 1.49. The number of benzene rings is 1. The van der Waals surface area contributed by atoms with Gasteiger partial charge in [0.25, 0.3) is 0 Å². The number of carbonyl (C=O) groups excluding carboxylic acids is 1. The molecule has 0 saturated heterocycles. The van der Waals surface area contributed by atoms with Crippen LogP contribution < -0.4 is 5.73 Å². The number of rotatable bonds is 2. The number of nitrogens with two attached hydrogens (primary N) is 1. The minimum atomic E-state index is -0.538. The molecule has 14 heavy (non-hydrogen) atoms. The van der Waals surface area contributed by atoms with Crippen molar-refractivity contribution in [2.45, 2.75) is 13.8 Å². The highest BCUT2D eigenvalue weighted by Crippen LogP contribution is 2.11. The lowest BCUT2D eigenvalue weighted by molar-refractivity contribution is 0.0517. The van der Waals surface area contributed by atoms with E-state index in [-0.39, 0.29) is 0 Å². The minimum absolute atomic E-state index is 0.331. The Morgan fingerprint density at radius 1 is 1.36 bits per heavy atom. The summed E-state index contributed by atoms with van der Waals surface area (Å²) in [6.45, 7) is 3.48. The molecule has 0 saturated carbocycles. The number of oxime groups is 1. The van der Waals surface area contributed by atoms with Crippen LogP contribution in [0.15, 0.2) is 29.4 Å². The second-order valence-electron chi connectivity index (χ2n) is 3.00. The molecule has 4 nitrogen and oxygen atoms in total. The Bertz CT molecular complexity index is 368. The normalized spacial score (nSPS) is 9.29. The van der Waals surface area contributed by atoms with Gasteiger partial charge < -0.3 is 10.6 Å². The monoisotopic (exact) mass is 192 g/mol. The van der Waals surface area contributed by atoms with Gasteiger partial charge in [0.2, 0.25) is 0 Å². The highest BCUT2D eigenvalue weighted by Gasteiger charge is 2.09. The third-order valence-electron chi connectivity index (χ3n) is 1.49. The van der Waals surface area contributed by atoms with Gasteiger partial charge in [0.1, 0.15) is 0 Å². The van der Waals surface area contributed by atoms with E-state index in [1.807, 2.05) is 0 Å². The molecule has 1 aromatic rings. The Hall–Kier alpha value is -1.84. The second kappa shape index (κ2) is 4.41. The summed E-state index contributed by atoms with van der Waals surface area (Å²) in [7, 11) is 0. The summed E-state index contributed by atoms with van der Waals surface area (Å²) in [5.74, 6) is -0.538. The standard InChI is InChI=1S/C10H12N2O2/c1-7(2)12-14-10(13)8-5-3-4-6-9(8)11/h3-6H,11H2,1-2H3. The molecule has 0 aliphatic rings. The smallest absolute Gasteiger partial charge is 0.367 e. The zero-order chi connectivity index (χ0) is 10.6. The molecule has 0 aliphatic carbocycles. The summed E-state index contributed by atoms with van der Waals surface area (Å²) in [6.07, 6.45) is 0. The van der Waals surface area contributed by atoms with Gasteiger partial charge in [-0.25, -0.2) is 4.79 Å². The fraction of sp³-hybridized carbons (Fsp3) is 0.200. The number of hydrogen-bond donors (Lipinski definition) is 1. The van der Waals surface area contributed by atoms with Crippen LogP contribution >= 0.6 is 0 Å². The van der Waals surface area contributed by atoms with Crippen LogP contribution in [0, 0.1) is 0 Å². The van der Waals surface area contributed by atoms with Crippen molar-refractivity contribution in [3.05, 3.63) is 29.8 Å². The molecule has 0 amide bonds. The predicted octanol–water partition coefficient (Wildman–Crippen LogP) is 1.82. The molecule has 0 aliphatic heterocycles. The molecule has 0 heterocycles. The molecule has 1 rings (SSSR count). The fourth-order valence-electron chi connectivity index (χ4n) is 0.865. The van der Waals surface area contributed by atoms with Gasteiger partial charge in [0.15, 0.2) is 0 Å². The van der Waals surface area contributed by atoms with E-state index in [0.29, 0.717) is 17.0 Å². The highest BCUT2D eigenvalue weighted by atomic mass is 16.7. The van der Waals surface area contributed by atoms with Crippen molar-refractivity contribution in [1.29, 1.82) is 0 Å². The second-order valence-corrected chi connectivity index (χ2v) is 3.00. The summed E-state index contributed by atoms with van der Waals surface area (Å²) in [4.78, 5) is 16.0. The highest BCUT2D eigenvalue weighted by molar-refractivity contribution is 5.95. The lowest BCUT2D eigenvalue weighted by Crippen LogP contribution is -2.05. The van der Waals surface area contributed by atoms with E-state index in [0.717, 1.165) is 0 Å². The maximum absolute atomic E-state index is 11.4. The van der Waals surface area contributed by atoms with Gasteiger partial charge in [-0.1, -0.05) is 17.3 Å². The molecule has 0 atom stereocenters. The molecule has 1 aromatic carbocycles. The van der Waals surface area contributed by atoms with Gasteiger partial charge in [-0.3, -0.25) is 0 Å². The molecule has 0 fully saturated rings. The van der Waals surface area contributed by atoms with Crippen molar-refractivity contribution in [3.63, 3.8) is 0 Å². The molecule has 0 aromatic heterocycles. The van der Waals surface area contributed by atoms with Crippen LogP contribution in [0.4, 0.5) is 5.69 Å². The van der Waals surface area contributed by atoms with Crippen molar-refractivity contribution < 1.29 is 9.63 Å². The molecular formula is C10H12N2O2. The summed E-state index contributed by atoms with van der Waals surface area (Å²) in [6, 6.07) is 6.70. The first-order valence-corrected chi connectivity index (χ1v) is 4.18. The summed E-state index contributed by atoms with van der Waals surface area (Å²) >= 11 is 0. The predicted molar refractivity (Wildman–Crippen MR) is 55.1 cm³/mol. The van der Waals surface area contributed by atoms with Crippen molar-refractivity contribution in [2.24, 2.45) is 5.16 Å². The Morgan fingerprint density at radius 2 is 2.00 bits per heavy atom. The van der Waals surface area contributed by atoms with Gasteiger partial charge in [-0.2, -0.15) is 0 Å². The summed E-state index contributed by atoms with van der Waals surface area (Å²) in [5, 5.41) is 3.55. The summed E-state index contributed by atoms with van der Waals surface area (Å²) < 4.78 is 0. The van der Waals surface area contributed by atoms with Crippen LogP contribution in [-0.4, -0.2) is 11.7 Å². The number of anilines is 1. The number of nitrogen functional groups attached to an aromatic ring is 1. The van der Waals surface area contributed by atoms with E-state index in [4.69, 9.17) is 5.73 Å². The molecule has 2 N–H and O–H groups in total. The van der Waals surface area contributed by atoms with Crippen LogP contribution in [0.25, 0.3) is 0 Å². The van der Waals surface area contributed by atoms with Gasteiger partial charge in [0, 0.05) is 5.69 Å². The van der Waals surface area contributed by atoms with E-state index in [9.17, 15) is 4.79 Å². The quantitative estimate of drug-likeness (QED) is 0.336. The van der Waals surface area contributed by atoms with Crippen molar-refractivity contribution in [2.75, 3.05) is 5.73 Å². The van der Waals surface area contributed by atoms with Crippen LogP contribution in [-0.2, 0) is 4.84 Å². The van der Waals surface area contributed by atoms with E-state index in [2.05, 4.69) is 9.99 Å². The van der Waals surface area contributed by atoms with Crippen LogP contribution in [0.5, 0.6) is 0 Å². The van der Waals surface area contributed by atoms with E-state index in [1.54, 1.807) is 38.1 Å². The first-order valence-electron chi connectivity index (χ1n) is 4.18. The van der Waals surface area contributed by atoms with Crippen LogP contribution in [0.1, 0.15) is 24.2 Å². The molecule has 0 bridgehead atoms. The molecule has 0 spiro atoms. The molecule has 74 valence electrons. The Morgan fingerprint density at radius 3 is 2.57 bits per heavy atom. The number of carbonyl (C=O) groups is 1. The zero-order valence-electron chi connectivity index (χ0n) is 8.15. The molecule has 0 unspecified atom stereocenters. The largest absolute Gasteiger partial charge is 0.398 e. The molecule has 0 radical (unpaired) electrons. The molecular weight excluding hydrogens is 180 g/mol. The van der Waals surface area contributed by atoms with Gasteiger partial charge >= 0.3 is 5.97 Å². The van der Waals surface area contributed by atoms with Crippen molar-refractivity contribution >= 4 is 17.4 Å². The Labute approximate surface area is 82.4 Å². The lowest BCUT2D eigenvalue weighted by atomic mass is 10.2. The molecule has 4 heteroatoms.